The van der Waals surface area contributed by atoms with Crippen molar-refractivity contribution < 1.29 is 4.79 Å². The molecule has 3 heteroatoms. The molecule has 1 saturated carbocycles. The van der Waals surface area contributed by atoms with Gasteiger partial charge in [-0.2, -0.15) is 5.10 Å². The third-order valence-corrected chi connectivity index (χ3v) is 4.20. The number of hydrogen-bond donors (Lipinski definition) is 0. The lowest BCUT2D eigenvalue weighted by atomic mass is 9.94. The summed E-state index contributed by atoms with van der Waals surface area (Å²) in [6.07, 6.45) is 11.6. The molecule has 1 unspecified atom stereocenters. The van der Waals surface area contributed by atoms with Crippen molar-refractivity contribution >= 4 is 6.29 Å². The monoisotopic (exact) mass is 248 g/mol. The van der Waals surface area contributed by atoms with Gasteiger partial charge in [-0.1, -0.05) is 32.6 Å². The number of rotatable bonds is 4. The standard InChI is InChI=1S/C15H24N2O/c1-3-12(2)17-10-14(11-18)15(16-17)13-8-6-4-5-7-9-13/h10-13H,3-9H2,1-2H3. The summed E-state index contributed by atoms with van der Waals surface area (Å²) >= 11 is 0. The van der Waals surface area contributed by atoms with Crippen LogP contribution in [0.2, 0.25) is 0 Å². The Hall–Kier alpha value is -1.12. The fourth-order valence-corrected chi connectivity index (χ4v) is 2.79. The average molecular weight is 248 g/mol. The first-order valence-electron chi connectivity index (χ1n) is 7.30. The fraction of sp³-hybridized carbons (Fsp3) is 0.733. The zero-order valence-corrected chi connectivity index (χ0v) is 11.6. The van der Waals surface area contributed by atoms with E-state index in [4.69, 9.17) is 5.10 Å². The van der Waals surface area contributed by atoms with Crippen molar-refractivity contribution in [2.75, 3.05) is 0 Å². The Labute approximate surface area is 110 Å². The fourth-order valence-electron chi connectivity index (χ4n) is 2.79. The highest BCUT2D eigenvalue weighted by Gasteiger charge is 2.21. The maximum absolute atomic E-state index is 11.2. The molecule has 0 aromatic carbocycles. The summed E-state index contributed by atoms with van der Waals surface area (Å²) in [5.41, 5.74) is 1.86. The van der Waals surface area contributed by atoms with Gasteiger partial charge in [0.2, 0.25) is 0 Å². The minimum absolute atomic E-state index is 0.378. The van der Waals surface area contributed by atoms with Crippen molar-refractivity contribution in [1.82, 2.24) is 9.78 Å². The van der Waals surface area contributed by atoms with Gasteiger partial charge in [0, 0.05) is 18.2 Å². The van der Waals surface area contributed by atoms with Crippen LogP contribution in [-0.4, -0.2) is 16.1 Å². The molecule has 1 aromatic heterocycles. The molecular formula is C15H24N2O. The molecular weight excluding hydrogens is 224 g/mol. The zero-order chi connectivity index (χ0) is 13.0. The summed E-state index contributed by atoms with van der Waals surface area (Å²) in [6.45, 7) is 4.30. The molecule has 3 nitrogen and oxygen atoms in total. The van der Waals surface area contributed by atoms with Gasteiger partial charge in [-0.15, -0.1) is 0 Å². The predicted molar refractivity (Wildman–Crippen MR) is 73.1 cm³/mol. The van der Waals surface area contributed by atoms with Crippen LogP contribution in [0.25, 0.3) is 0 Å². The van der Waals surface area contributed by atoms with Crippen molar-refractivity contribution in [3.05, 3.63) is 17.5 Å². The Morgan fingerprint density at radius 2 is 2.06 bits per heavy atom. The van der Waals surface area contributed by atoms with Crippen LogP contribution < -0.4 is 0 Å². The van der Waals surface area contributed by atoms with Crippen molar-refractivity contribution in [1.29, 1.82) is 0 Å². The maximum Gasteiger partial charge on any atom is 0.153 e. The van der Waals surface area contributed by atoms with E-state index in [0.717, 1.165) is 24.0 Å². The molecule has 1 atom stereocenters. The van der Waals surface area contributed by atoms with Gasteiger partial charge >= 0.3 is 0 Å². The van der Waals surface area contributed by atoms with E-state index in [1.54, 1.807) is 0 Å². The summed E-state index contributed by atoms with van der Waals surface area (Å²) in [4.78, 5) is 11.2. The zero-order valence-electron chi connectivity index (χ0n) is 11.6. The van der Waals surface area contributed by atoms with Crippen molar-refractivity contribution in [3.63, 3.8) is 0 Å². The minimum atomic E-state index is 0.378. The molecule has 1 aromatic rings. The van der Waals surface area contributed by atoms with Gasteiger partial charge in [0.05, 0.1) is 11.3 Å². The van der Waals surface area contributed by atoms with Gasteiger partial charge in [0.1, 0.15) is 0 Å². The quantitative estimate of drug-likeness (QED) is 0.594. The molecule has 0 radical (unpaired) electrons. The molecule has 1 aliphatic carbocycles. The molecule has 18 heavy (non-hydrogen) atoms. The number of aldehydes is 1. The summed E-state index contributed by atoms with van der Waals surface area (Å²) in [6, 6.07) is 0.378. The molecule has 1 fully saturated rings. The highest BCUT2D eigenvalue weighted by molar-refractivity contribution is 5.76. The lowest BCUT2D eigenvalue weighted by Gasteiger charge is -2.12. The van der Waals surface area contributed by atoms with Crippen LogP contribution in [0.3, 0.4) is 0 Å². The second-order valence-corrected chi connectivity index (χ2v) is 5.51. The van der Waals surface area contributed by atoms with Gasteiger partial charge in [0.25, 0.3) is 0 Å². The van der Waals surface area contributed by atoms with Gasteiger partial charge in [-0.05, 0) is 26.2 Å². The summed E-state index contributed by atoms with van der Waals surface area (Å²) < 4.78 is 1.98. The van der Waals surface area contributed by atoms with Crippen LogP contribution in [0.1, 0.15) is 86.8 Å². The van der Waals surface area contributed by atoms with Crippen LogP contribution >= 0.6 is 0 Å². The lowest BCUT2D eigenvalue weighted by Crippen LogP contribution is -2.06. The number of carbonyl (C=O) groups is 1. The van der Waals surface area contributed by atoms with E-state index >= 15 is 0 Å². The third kappa shape index (κ3) is 2.82. The Bertz CT molecular complexity index is 389. The highest BCUT2D eigenvalue weighted by Crippen LogP contribution is 2.32. The Balaban J connectivity index is 2.24. The molecule has 1 heterocycles. The Morgan fingerprint density at radius 3 is 2.61 bits per heavy atom. The van der Waals surface area contributed by atoms with E-state index in [1.807, 2.05) is 10.9 Å². The Kier molecular flexibility index (Phi) is 4.56. The van der Waals surface area contributed by atoms with E-state index in [0.29, 0.717) is 12.0 Å². The van der Waals surface area contributed by atoms with E-state index in [-0.39, 0.29) is 0 Å². The molecule has 100 valence electrons. The number of carbonyl (C=O) groups excluding carboxylic acids is 1. The minimum Gasteiger partial charge on any atom is -0.298 e. The SMILES string of the molecule is CCC(C)n1cc(C=O)c(C2CCCCCC2)n1. The largest absolute Gasteiger partial charge is 0.298 e. The highest BCUT2D eigenvalue weighted by atomic mass is 16.1. The molecule has 0 bridgehead atoms. The first-order valence-corrected chi connectivity index (χ1v) is 7.30. The van der Waals surface area contributed by atoms with Crippen LogP contribution in [0.5, 0.6) is 0 Å². The van der Waals surface area contributed by atoms with E-state index in [1.165, 1.54) is 38.5 Å². The van der Waals surface area contributed by atoms with Crippen molar-refractivity contribution in [2.24, 2.45) is 0 Å². The second kappa shape index (κ2) is 6.17. The van der Waals surface area contributed by atoms with Crippen LogP contribution in [0.4, 0.5) is 0 Å². The van der Waals surface area contributed by atoms with Crippen LogP contribution in [0, 0.1) is 0 Å². The number of hydrogen-bond acceptors (Lipinski definition) is 2. The van der Waals surface area contributed by atoms with Gasteiger partial charge in [-0.3, -0.25) is 9.48 Å². The predicted octanol–water partition coefficient (Wildman–Crippen LogP) is 4.10. The average Bonchev–Trinajstić information content (AvgIpc) is 2.65. The Morgan fingerprint density at radius 1 is 1.39 bits per heavy atom. The topological polar surface area (TPSA) is 34.9 Å². The molecule has 0 amide bonds. The number of aromatic nitrogens is 2. The molecule has 1 aliphatic rings. The smallest absolute Gasteiger partial charge is 0.153 e. The van der Waals surface area contributed by atoms with Gasteiger partial charge in [0.15, 0.2) is 6.29 Å². The summed E-state index contributed by atoms with van der Waals surface area (Å²) in [7, 11) is 0. The van der Waals surface area contributed by atoms with Crippen LogP contribution in [-0.2, 0) is 0 Å². The first-order chi connectivity index (χ1) is 8.76. The molecule has 0 spiro atoms. The molecule has 0 aliphatic heterocycles. The van der Waals surface area contributed by atoms with E-state index in [2.05, 4.69) is 13.8 Å². The third-order valence-electron chi connectivity index (χ3n) is 4.20. The van der Waals surface area contributed by atoms with Crippen molar-refractivity contribution in [3.8, 4) is 0 Å². The molecule has 0 saturated heterocycles. The molecule has 0 N–H and O–H groups in total. The first kappa shape index (κ1) is 13.3. The lowest BCUT2D eigenvalue weighted by molar-refractivity contribution is 0.112. The van der Waals surface area contributed by atoms with Crippen molar-refractivity contribution in [2.45, 2.75) is 70.8 Å². The normalized spacial score (nSPS) is 19.4. The summed E-state index contributed by atoms with van der Waals surface area (Å²) in [5, 5.41) is 4.70. The second-order valence-electron chi connectivity index (χ2n) is 5.51. The number of nitrogens with zero attached hydrogens (tertiary/aromatic N) is 2. The van der Waals surface area contributed by atoms with Gasteiger partial charge < -0.3 is 0 Å². The van der Waals surface area contributed by atoms with E-state index < -0.39 is 0 Å². The van der Waals surface area contributed by atoms with Gasteiger partial charge in [-0.25, -0.2) is 0 Å². The maximum atomic E-state index is 11.2. The van der Waals surface area contributed by atoms with Crippen LogP contribution in [0.15, 0.2) is 6.20 Å². The molecule has 2 rings (SSSR count). The summed E-state index contributed by atoms with van der Waals surface area (Å²) in [5.74, 6) is 0.498. The van der Waals surface area contributed by atoms with E-state index in [9.17, 15) is 4.79 Å².